The molecule has 0 unspecified atom stereocenters. The molecule has 32 valence electrons. The molecule has 0 aromatic heterocycles. The molecular formula is H2ClNO3. The van der Waals surface area contributed by atoms with Gasteiger partial charge in [-0.2, -0.15) is 0 Å². The van der Waals surface area contributed by atoms with Gasteiger partial charge in [-0.15, -0.1) is 5.90 Å². The van der Waals surface area contributed by atoms with E-state index in [1.807, 2.05) is 0 Å². The summed E-state index contributed by atoms with van der Waals surface area (Å²) < 4.78 is 21.1. The Kier molecular flexibility index (Phi) is 2.43. The molecule has 0 aliphatic heterocycles. The van der Waals surface area contributed by atoms with Gasteiger partial charge in [0.25, 0.3) is 0 Å². The second kappa shape index (κ2) is 2.37. The lowest BCUT2D eigenvalue weighted by Crippen LogP contribution is -2.36. The molecule has 5 heteroatoms. The van der Waals surface area contributed by atoms with E-state index in [9.17, 15) is 0 Å². The highest BCUT2D eigenvalue weighted by Crippen LogP contribution is 1.55. The first-order chi connectivity index (χ1) is 2.27. The molecule has 0 saturated carbocycles. The Morgan fingerprint density at radius 2 is 1.80 bits per heavy atom. The maximum absolute atomic E-state index is 8.98. The van der Waals surface area contributed by atoms with Crippen molar-refractivity contribution < 1.29 is 24.5 Å². The first kappa shape index (κ1) is 5.13. The average Bonchev–Trinajstić information content (AvgIpc) is 1.38. The Morgan fingerprint density at radius 1 is 1.60 bits per heavy atom. The number of nitrogens with two attached hydrogens (primary N) is 1. The minimum Gasteiger partial charge on any atom is -0.319 e. The zero-order valence-electron chi connectivity index (χ0n) is 2.18. The van der Waals surface area contributed by atoms with Crippen LogP contribution in [0.3, 0.4) is 0 Å². The van der Waals surface area contributed by atoms with Crippen molar-refractivity contribution in [1.29, 1.82) is 0 Å². The smallest absolute Gasteiger partial charge is 0.311 e. The highest BCUT2D eigenvalue weighted by atomic mass is 35.6. The van der Waals surface area contributed by atoms with Crippen LogP contribution in [-0.2, 0) is 4.39 Å². The van der Waals surface area contributed by atoms with Crippen LogP contribution in [0.2, 0.25) is 0 Å². The summed E-state index contributed by atoms with van der Waals surface area (Å²) in [6.45, 7) is 0. The van der Waals surface area contributed by atoms with Crippen molar-refractivity contribution in [3.63, 3.8) is 0 Å². The maximum Gasteiger partial charge on any atom is 0.311 e. The molecule has 0 rings (SSSR count). The Balaban J connectivity index is 2.54. The molecule has 0 radical (unpaired) electrons. The van der Waals surface area contributed by atoms with Crippen LogP contribution < -0.4 is 15.2 Å². The monoisotopic (exact) mass is 99.0 g/mol. The third-order valence-electron chi connectivity index (χ3n) is 0.0727. The number of halogens is 1. The van der Waals surface area contributed by atoms with Crippen LogP contribution in [0.1, 0.15) is 0 Å². The van der Waals surface area contributed by atoms with E-state index in [0.717, 1.165) is 0 Å². The molecule has 0 aliphatic rings. The van der Waals surface area contributed by atoms with E-state index in [1.54, 1.807) is 0 Å². The van der Waals surface area contributed by atoms with Gasteiger partial charge in [0, 0.05) is 0 Å². The van der Waals surface area contributed by atoms with Crippen LogP contribution in [0.15, 0.2) is 0 Å². The van der Waals surface area contributed by atoms with Gasteiger partial charge in [0.15, 0.2) is 0 Å². The van der Waals surface area contributed by atoms with Gasteiger partial charge in [0.05, 0.1) is 0 Å². The van der Waals surface area contributed by atoms with Gasteiger partial charge < -0.3 is 9.32 Å². The van der Waals surface area contributed by atoms with Crippen LogP contribution in [0, 0.1) is 10.8 Å². The summed E-state index contributed by atoms with van der Waals surface area (Å²) in [7, 11) is -2.27. The zero-order valence-corrected chi connectivity index (χ0v) is 2.94. The molecule has 0 atom stereocenters. The summed E-state index contributed by atoms with van der Waals surface area (Å²) in [6.07, 6.45) is 0. The molecule has 2 N–H and O–H groups in total. The number of hydrogen-bond acceptors (Lipinski definition) is 4. The summed E-state index contributed by atoms with van der Waals surface area (Å²) in [5.41, 5.74) is 0. The van der Waals surface area contributed by atoms with Crippen molar-refractivity contribution in [2.45, 2.75) is 0 Å². The van der Waals surface area contributed by atoms with Gasteiger partial charge in [-0.1, -0.05) is 0 Å². The minimum absolute atomic E-state index is 2.27. The van der Waals surface area contributed by atoms with Crippen molar-refractivity contribution in [2.75, 3.05) is 0 Å². The molecule has 0 aromatic rings. The quantitative estimate of drug-likeness (QED) is 0.355. The minimum atomic E-state index is -2.27. The molecule has 5 heavy (non-hydrogen) atoms. The molecule has 4 nitrogen and oxygen atoms in total. The van der Waals surface area contributed by atoms with Gasteiger partial charge in [-0.05, 0) is 0 Å². The van der Waals surface area contributed by atoms with Crippen molar-refractivity contribution in [3.8, 4) is 0 Å². The largest absolute Gasteiger partial charge is 0.319 e. The lowest BCUT2D eigenvalue weighted by molar-refractivity contribution is -1.63. The fourth-order valence-corrected chi connectivity index (χ4v) is 0. The molecule has 0 aromatic carbocycles. The second-order valence-corrected chi connectivity index (χ2v) is 0.834. The first-order valence-electron chi connectivity index (χ1n) is 0.699. The van der Waals surface area contributed by atoms with E-state index >= 15 is 0 Å². The van der Waals surface area contributed by atoms with Crippen LogP contribution >= 0.6 is 0 Å². The lowest BCUT2D eigenvalue weighted by atomic mass is 13.6. The summed E-state index contributed by atoms with van der Waals surface area (Å²) in [4.78, 5) is 0. The summed E-state index contributed by atoms with van der Waals surface area (Å²) >= 11 is 0. The van der Waals surface area contributed by atoms with Gasteiger partial charge in [0.2, 0.25) is 0 Å². The Hall–Kier alpha value is 0.130. The number of rotatable bonds is 1. The van der Waals surface area contributed by atoms with E-state index in [0.29, 0.717) is 0 Å². The summed E-state index contributed by atoms with van der Waals surface area (Å²) in [5, 5.41) is 0. The molecule has 0 saturated heterocycles. The SMILES string of the molecule is NO[Cl+2]([O-])[O-]. The van der Waals surface area contributed by atoms with E-state index in [4.69, 9.17) is 9.32 Å². The van der Waals surface area contributed by atoms with Crippen LogP contribution in [0.5, 0.6) is 0 Å². The van der Waals surface area contributed by atoms with E-state index in [-0.39, 0.29) is 0 Å². The lowest BCUT2D eigenvalue weighted by Gasteiger charge is -1.80. The van der Waals surface area contributed by atoms with Crippen molar-refractivity contribution >= 4 is 0 Å². The Labute approximate surface area is 31.5 Å². The highest BCUT2D eigenvalue weighted by molar-refractivity contribution is 2.96. The topological polar surface area (TPSA) is 81.4 Å². The predicted octanol–water partition coefficient (Wildman–Crippen LogP) is -3.04. The molecular weight excluding hydrogens is 97.5 g/mol. The number of hydrogen-bond donors (Lipinski definition) is 1. The van der Waals surface area contributed by atoms with E-state index in [1.165, 1.54) is 0 Å². The Bertz CT molecular complexity index is 20.9. The van der Waals surface area contributed by atoms with Gasteiger partial charge >= 0.3 is 10.8 Å². The normalized spacial score (nSPS) is 9.60. The molecule has 0 spiro atoms. The predicted molar refractivity (Wildman–Crippen MR) is 5.27 cm³/mol. The molecule has 0 heterocycles. The maximum atomic E-state index is 8.98. The van der Waals surface area contributed by atoms with Crippen molar-refractivity contribution in [2.24, 2.45) is 5.90 Å². The summed E-state index contributed by atoms with van der Waals surface area (Å²) in [5.74, 6) is 4.04. The standard InChI is InChI=1S/ClH2NO3/c2-5-1(3)4/h2H2. The van der Waals surface area contributed by atoms with E-state index in [2.05, 4.69) is 10.3 Å². The van der Waals surface area contributed by atoms with Crippen LogP contribution in [-0.4, -0.2) is 0 Å². The second-order valence-electron chi connectivity index (χ2n) is 0.278. The third-order valence-corrected chi connectivity index (χ3v) is 0.218. The Morgan fingerprint density at radius 3 is 1.80 bits per heavy atom. The van der Waals surface area contributed by atoms with Crippen LogP contribution in [0.4, 0.5) is 0 Å². The fourth-order valence-electron chi connectivity index (χ4n) is 0. The molecule has 0 bridgehead atoms. The first-order valence-corrected chi connectivity index (χ1v) is 1.62. The zero-order chi connectivity index (χ0) is 4.28. The molecule has 0 fully saturated rings. The average molecular weight is 99.5 g/mol. The van der Waals surface area contributed by atoms with Gasteiger partial charge in [-0.25, -0.2) is 0 Å². The fraction of sp³-hybridized carbons (Fsp3) is 0. The van der Waals surface area contributed by atoms with Crippen LogP contribution in [0.25, 0.3) is 0 Å². The van der Waals surface area contributed by atoms with Gasteiger partial charge in [-0.3, -0.25) is 0 Å². The molecule has 0 amide bonds. The van der Waals surface area contributed by atoms with E-state index < -0.39 is 10.8 Å². The highest BCUT2D eigenvalue weighted by Gasteiger charge is 1.94. The molecule has 0 aliphatic carbocycles. The van der Waals surface area contributed by atoms with Crippen molar-refractivity contribution in [1.82, 2.24) is 0 Å². The van der Waals surface area contributed by atoms with Crippen molar-refractivity contribution in [3.05, 3.63) is 0 Å². The van der Waals surface area contributed by atoms with Gasteiger partial charge in [0.1, 0.15) is 4.39 Å². The summed E-state index contributed by atoms with van der Waals surface area (Å²) in [6, 6.07) is 0. The third kappa shape index (κ3) is 4.13.